The number of hydrogen-bond acceptors (Lipinski definition) is 3. The molecule has 1 atom stereocenters. The van der Waals surface area contributed by atoms with Gasteiger partial charge in [0.25, 0.3) is 0 Å². The maximum atomic E-state index is 4.39. The summed E-state index contributed by atoms with van der Waals surface area (Å²) in [6.07, 6.45) is 8.05. The van der Waals surface area contributed by atoms with Gasteiger partial charge in [0, 0.05) is 44.5 Å². The number of aryl methyl sites for hydroxylation is 2. The van der Waals surface area contributed by atoms with Crippen LogP contribution in [0.15, 0.2) is 36.7 Å². The number of aromatic nitrogens is 2. The average Bonchev–Trinajstić information content (AvgIpc) is 3.09. The highest BCUT2D eigenvalue weighted by molar-refractivity contribution is 5.25. The minimum absolute atomic E-state index is 0.784. The Morgan fingerprint density at radius 2 is 2.12 bits per heavy atom. The summed E-state index contributed by atoms with van der Waals surface area (Å²) in [5.41, 5.74) is 4.25. The summed E-state index contributed by atoms with van der Waals surface area (Å²) in [6, 6.07) is 8.80. The first-order valence-electron chi connectivity index (χ1n) is 10.1. The van der Waals surface area contributed by atoms with Crippen molar-refractivity contribution in [3.05, 3.63) is 53.3 Å². The molecule has 4 heteroatoms. The molecule has 1 aliphatic rings. The molecule has 0 bridgehead atoms. The first-order valence-corrected chi connectivity index (χ1v) is 10.1. The van der Waals surface area contributed by atoms with Gasteiger partial charge in [-0.15, -0.1) is 0 Å². The van der Waals surface area contributed by atoms with E-state index in [1.807, 2.05) is 10.9 Å². The molecule has 0 radical (unpaired) electrons. The Bertz CT molecular complexity index is 678. The van der Waals surface area contributed by atoms with Gasteiger partial charge in [-0.05, 0) is 63.7 Å². The summed E-state index contributed by atoms with van der Waals surface area (Å²) in [5.74, 6) is 0.784. The summed E-state index contributed by atoms with van der Waals surface area (Å²) in [7, 11) is 2.25. The largest absolute Gasteiger partial charge is 0.303 e. The number of hydrogen-bond donors (Lipinski definition) is 0. The molecule has 2 heterocycles. The molecule has 0 unspecified atom stereocenters. The minimum Gasteiger partial charge on any atom is -0.303 e. The Labute approximate surface area is 158 Å². The van der Waals surface area contributed by atoms with Crippen LogP contribution in [0.3, 0.4) is 0 Å². The van der Waals surface area contributed by atoms with Crippen LogP contribution in [0.4, 0.5) is 0 Å². The van der Waals surface area contributed by atoms with Gasteiger partial charge in [-0.1, -0.05) is 24.3 Å². The summed E-state index contributed by atoms with van der Waals surface area (Å²) in [5, 5.41) is 4.39. The van der Waals surface area contributed by atoms with Gasteiger partial charge in [-0.25, -0.2) is 0 Å². The SMILES string of the molecule is CCn1cc(CN(C)C[C@@H]2CCCN(CCc3ccccc3C)C2)cn1. The van der Waals surface area contributed by atoms with Gasteiger partial charge < -0.3 is 9.80 Å². The molecule has 26 heavy (non-hydrogen) atoms. The molecular formula is C22H34N4. The number of rotatable bonds is 8. The zero-order valence-corrected chi connectivity index (χ0v) is 16.7. The second kappa shape index (κ2) is 9.33. The fourth-order valence-electron chi connectivity index (χ4n) is 4.15. The number of benzene rings is 1. The number of piperidine rings is 1. The third kappa shape index (κ3) is 5.42. The quantitative estimate of drug-likeness (QED) is 0.724. The topological polar surface area (TPSA) is 24.3 Å². The molecule has 4 nitrogen and oxygen atoms in total. The van der Waals surface area contributed by atoms with Gasteiger partial charge in [-0.2, -0.15) is 5.10 Å². The summed E-state index contributed by atoms with van der Waals surface area (Å²) in [6.45, 7) is 11.2. The predicted octanol–water partition coefficient (Wildman–Crippen LogP) is 3.60. The molecule has 2 aromatic rings. The van der Waals surface area contributed by atoms with Crippen LogP contribution in [0.1, 0.15) is 36.5 Å². The van der Waals surface area contributed by atoms with E-state index in [4.69, 9.17) is 0 Å². The third-order valence-electron chi connectivity index (χ3n) is 5.59. The van der Waals surface area contributed by atoms with E-state index in [2.05, 4.69) is 66.3 Å². The molecule has 1 fully saturated rings. The Morgan fingerprint density at radius 1 is 1.27 bits per heavy atom. The summed E-state index contributed by atoms with van der Waals surface area (Å²) < 4.78 is 2.01. The molecule has 1 aromatic heterocycles. The van der Waals surface area contributed by atoms with Crippen LogP contribution in [0.5, 0.6) is 0 Å². The first-order chi connectivity index (χ1) is 12.6. The minimum atomic E-state index is 0.784. The van der Waals surface area contributed by atoms with Crippen molar-refractivity contribution in [3.63, 3.8) is 0 Å². The fraction of sp³-hybridized carbons (Fsp3) is 0.591. The molecule has 142 valence electrons. The Kier molecular flexibility index (Phi) is 6.86. The van der Waals surface area contributed by atoms with E-state index < -0.39 is 0 Å². The standard InChI is InChI=1S/C22H34N4/c1-4-26-18-21(14-23-26)16-24(3)15-20-9-7-12-25(17-20)13-11-22-10-6-5-8-19(22)2/h5-6,8,10,14,18,20H,4,7,9,11-13,15-17H2,1-3H3/t20-/m0/s1. The maximum Gasteiger partial charge on any atom is 0.0534 e. The van der Waals surface area contributed by atoms with Crippen LogP contribution in [0.2, 0.25) is 0 Å². The Hall–Kier alpha value is -1.65. The molecule has 3 rings (SSSR count). The molecule has 0 amide bonds. The van der Waals surface area contributed by atoms with Gasteiger partial charge in [0.05, 0.1) is 6.20 Å². The molecular weight excluding hydrogens is 320 g/mol. The predicted molar refractivity (Wildman–Crippen MR) is 108 cm³/mol. The van der Waals surface area contributed by atoms with E-state index in [1.165, 1.54) is 62.1 Å². The van der Waals surface area contributed by atoms with E-state index in [1.54, 1.807) is 0 Å². The molecule has 0 spiro atoms. The molecule has 1 aromatic carbocycles. The van der Waals surface area contributed by atoms with Gasteiger partial charge in [0.1, 0.15) is 0 Å². The van der Waals surface area contributed by atoms with Crippen LogP contribution >= 0.6 is 0 Å². The second-order valence-corrected chi connectivity index (χ2v) is 7.89. The van der Waals surface area contributed by atoms with E-state index in [-0.39, 0.29) is 0 Å². The monoisotopic (exact) mass is 354 g/mol. The lowest BCUT2D eigenvalue weighted by atomic mass is 9.96. The molecule has 0 N–H and O–H groups in total. The third-order valence-corrected chi connectivity index (χ3v) is 5.59. The van der Waals surface area contributed by atoms with Crippen molar-refractivity contribution in [1.82, 2.24) is 19.6 Å². The first kappa shape index (κ1) is 19.1. The van der Waals surface area contributed by atoms with Crippen LogP contribution < -0.4 is 0 Å². The van der Waals surface area contributed by atoms with Gasteiger partial charge >= 0.3 is 0 Å². The van der Waals surface area contributed by atoms with Crippen molar-refractivity contribution in [2.75, 3.05) is 33.2 Å². The van der Waals surface area contributed by atoms with Crippen molar-refractivity contribution >= 4 is 0 Å². The van der Waals surface area contributed by atoms with Crippen LogP contribution in [-0.4, -0.2) is 52.8 Å². The van der Waals surface area contributed by atoms with Crippen LogP contribution in [-0.2, 0) is 19.5 Å². The van der Waals surface area contributed by atoms with Gasteiger partial charge in [0.2, 0.25) is 0 Å². The highest BCUT2D eigenvalue weighted by Gasteiger charge is 2.21. The normalized spacial score (nSPS) is 18.5. The molecule has 0 aliphatic carbocycles. The van der Waals surface area contributed by atoms with Crippen molar-refractivity contribution in [3.8, 4) is 0 Å². The second-order valence-electron chi connectivity index (χ2n) is 7.89. The lowest BCUT2D eigenvalue weighted by molar-refractivity contribution is 0.142. The van der Waals surface area contributed by atoms with E-state index >= 15 is 0 Å². The fourth-order valence-corrected chi connectivity index (χ4v) is 4.15. The van der Waals surface area contributed by atoms with Crippen molar-refractivity contribution in [2.24, 2.45) is 5.92 Å². The van der Waals surface area contributed by atoms with Crippen LogP contribution in [0.25, 0.3) is 0 Å². The van der Waals surface area contributed by atoms with Crippen molar-refractivity contribution < 1.29 is 0 Å². The number of nitrogens with zero attached hydrogens (tertiary/aromatic N) is 4. The smallest absolute Gasteiger partial charge is 0.0534 e. The Morgan fingerprint density at radius 3 is 2.88 bits per heavy atom. The van der Waals surface area contributed by atoms with E-state index in [0.717, 1.165) is 19.0 Å². The van der Waals surface area contributed by atoms with E-state index in [9.17, 15) is 0 Å². The van der Waals surface area contributed by atoms with Crippen molar-refractivity contribution in [1.29, 1.82) is 0 Å². The van der Waals surface area contributed by atoms with Crippen molar-refractivity contribution in [2.45, 2.75) is 46.2 Å². The van der Waals surface area contributed by atoms with Gasteiger partial charge in [-0.3, -0.25) is 4.68 Å². The zero-order valence-electron chi connectivity index (χ0n) is 16.7. The lowest BCUT2D eigenvalue weighted by Crippen LogP contribution is -2.40. The molecule has 1 saturated heterocycles. The highest BCUT2D eigenvalue weighted by Crippen LogP contribution is 2.19. The Balaban J connectivity index is 1.44. The average molecular weight is 355 g/mol. The van der Waals surface area contributed by atoms with Gasteiger partial charge in [0.15, 0.2) is 0 Å². The number of likely N-dealkylation sites (tertiary alicyclic amines) is 1. The summed E-state index contributed by atoms with van der Waals surface area (Å²) in [4.78, 5) is 5.14. The maximum absolute atomic E-state index is 4.39. The molecule has 0 saturated carbocycles. The zero-order chi connectivity index (χ0) is 18.4. The summed E-state index contributed by atoms with van der Waals surface area (Å²) >= 11 is 0. The lowest BCUT2D eigenvalue weighted by Gasteiger charge is -2.34. The highest BCUT2D eigenvalue weighted by atomic mass is 15.3. The van der Waals surface area contributed by atoms with Crippen LogP contribution in [0, 0.1) is 12.8 Å². The molecule has 1 aliphatic heterocycles. The van der Waals surface area contributed by atoms with E-state index in [0.29, 0.717) is 0 Å².